The summed E-state index contributed by atoms with van der Waals surface area (Å²) in [6, 6.07) is 13.0. The second-order valence-electron chi connectivity index (χ2n) is 4.95. The van der Waals surface area contributed by atoms with Gasteiger partial charge in [-0.15, -0.1) is 0 Å². The molecule has 1 fully saturated rings. The highest BCUT2D eigenvalue weighted by Gasteiger charge is 2.38. The van der Waals surface area contributed by atoms with Crippen LogP contribution >= 0.6 is 23.2 Å². The first-order valence-electron chi connectivity index (χ1n) is 6.67. The number of amides is 3. The third-order valence-electron chi connectivity index (χ3n) is 3.50. The standard InChI is InChI=1S/C16H12Cl2N2O2/c17-12-7-6-11(13(18)8-12)9-20-15(21)14(19-16(20)22)10-4-2-1-3-5-10/h1-8,14H,9H2,(H,19,22). The number of urea groups is 1. The third kappa shape index (κ3) is 2.80. The normalized spacial score (nSPS) is 17.7. The zero-order valence-electron chi connectivity index (χ0n) is 11.4. The van der Waals surface area contributed by atoms with E-state index in [0.29, 0.717) is 15.6 Å². The minimum Gasteiger partial charge on any atom is -0.322 e. The van der Waals surface area contributed by atoms with Crippen molar-refractivity contribution in [3.8, 4) is 0 Å². The Bertz CT molecular complexity index is 734. The second-order valence-corrected chi connectivity index (χ2v) is 5.80. The van der Waals surface area contributed by atoms with Gasteiger partial charge in [-0.1, -0.05) is 59.6 Å². The molecular weight excluding hydrogens is 323 g/mol. The fourth-order valence-electron chi connectivity index (χ4n) is 2.36. The van der Waals surface area contributed by atoms with Crippen molar-refractivity contribution < 1.29 is 9.59 Å². The van der Waals surface area contributed by atoms with Gasteiger partial charge in [0.2, 0.25) is 0 Å². The number of nitrogens with one attached hydrogen (secondary N) is 1. The fourth-order valence-corrected chi connectivity index (χ4v) is 2.83. The maximum absolute atomic E-state index is 12.5. The van der Waals surface area contributed by atoms with E-state index in [4.69, 9.17) is 23.2 Å². The van der Waals surface area contributed by atoms with Crippen molar-refractivity contribution in [1.29, 1.82) is 0 Å². The van der Waals surface area contributed by atoms with Crippen LogP contribution in [0.5, 0.6) is 0 Å². The summed E-state index contributed by atoms with van der Waals surface area (Å²) >= 11 is 12.0. The number of halogens is 2. The molecule has 0 saturated carbocycles. The Balaban J connectivity index is 1.83. The van der Waals surface area contributed by atoms with Crippen LogP contribution in [0, 0.1) is 0 Å². The summed E-state index contributed by atoms with van der Waals surface area (Å²) in [5.41, 5.74) is 1.42. The molecule has 0 aromatic heterocycles. The molecular formula is C16H12Cl2N2O2. The molecule has 1 atom stereocenters. The lowest BCUT2D eigenvalue weighted by molar-refractivity contribution is -0.128. The van der Waals surface area contributed by atoms with E-state index in [9.17, 15) is 9.59 Å². The number of benzene rings is 2. The molecule has 1 aliphatic heterocycles. The largest absolute Gasteiger partial charge is 0.325 e. The van der Waals surface area contributed by atoms with E-state index in [1.165, 1.54) is 0 Å². The topological polar surface area (TPSA) is 49.4 Å². The van der Waals surface area contributed by atoms with Crippen LogP contribution in [0.3, 0.4) is 0 Å². The van der Waals surface area contributed by atoms with Crippen molar-refractivity contribution in [2.75, 3.05) is 0 Å². The first kappa shape index (κ1) is 14.9. The molecule has 3 amide bonds. The Morgan fingerprint density at radius 3 is 2.45 bits per heavy atom. The summed E-state index contributed by atoms with van der Waals surface area (Å²) in [6.07, 6.45) is 0. The van der Waals surface area contributed by atoms with E-state index < -0.39 is 12.1 Å². The number of hydrogen-bond acceptors (Lipinski definition) is 2. The van der Waals surface area contributed by atoms with E-state index in [-0.39, 0.29) is 12.5 Å². The lowest BCUT2D eigenvalue weighted by Gasteiger charge is -2.14. The van der Waals surface area contributed by atoms with Crippen LogP contribution in [0.25, 0.3) is 0 Å². The molecule has 0 bridgehead atoms. The monoisotopic (exact) mass is 334 g/mol. The second kappa shape index (κ2) is 5.99. The minimum atomic E-state index is -0.653. The summed E-state index contributed by atoms with van der Waals surface area (Å²) < 4.78 is 0. The molecule has 1 saturated heterocycles. The third-order valence-corrected chi connectivity index (χ3v) is 4.09. The molecule has 22 heavy (non-hydrogen) atoms. The van der Waals surface area contributed by atoms with Gasteiger partial charge in [0.1, 0.15) is 6.04 Å². The molecule has 3 rings (SSSR count). The van der Waals surface area contributed by atoms with Crippen LogP contribution in [0.1, 0.15) is 17.2 Å². The maximum Gasteiger partial charge on any atom is 0.325 e. The first-order valence-corrected chi connectivity index (χ1v) is 7.42. The Morgan fingerprint density at radius 1 is 1.05 bits per heavy atom. The zero-order chi connectivity index (χ0) is 15.7. The van der Waals surface area contributed by atoms with Crippen LogP contribution in [-0.2, 0) is 11.3 Å². The van der Waals surface area contributed by atoms with Gasteiger partial charge < -0.3 is 5.32 Å². The van der Waals surface area contributed by atoms with Crippen molar-refractivity contribution in [3.63, 3.8) is 0 Å². The number of nitrogens with zero attached hydrogens (tertiary/aromatic N) is 1. The summed E-state index contributed by atoms with van der Waals surface area (Å²) in [5, 5.41) is 3.62. The summed E-state index contributed by atoms with van der Waals surface area (Å²) in [6.45, 7) is 0.115. The highest BCUT2D eigenvalue weighted by Crippen LogP contribution is 2.26. The Morgan fingerprint density at radius 2 is 1.77 bits per heavy atom. The van der Waals surface area contributed by atoms with Crippen LogP contribution in [0.15, 0.2) is 48.5 Å². The van der Waals surface area contributed by atoms with Crippen molar-refractivity contribution in [1.82, 2.24) is 10.2 Å². The van der Waals surface area contributed by atoms with Gasteiger partial charge in [-0.2, -0.15) is 0 Å². The number of carbonyl (C=O) groups excluding carboxylic acids is 2. The fraction of sp³-hybridized carbons (Fsp3) is 0.125. The lowest BCUT2D eigenvalue weighted by atomic mass is 10.1. The number of hydrogen-bond donors (Lipinski definition) is 1. The highest BCUT2D eigenvalue weighted by atomic mass is 35.5. The van der Waals surface area contributed by atoms with Gasteiger partial charge >= 0.3 is 6.03 Å². The van der Waals surface area contributed by atoms with Gasteiger partial charge in [-0.05, 0) is 23.3 Å². The molecule has 0 radical (unpaired) electrons. The molecule has 1 N–H and O–H groups in total. The van der Waals surface area contributed by atoms with Crippen LogP contribution in [0.4, 0.5) is 4.79 Å². The van der Waals surface area contributed by atoms with Crippen molar-refractivity contribution in [3.05, 3.63) is 69.7 Å². The van der Waals surface area contributed by atoms with Gasteiger partial charge in [-0.25, -0.2) is 4.79 Å². The van der Waals surface area contributed by atoms with Gasteiger partial charge in [-0.3, -0.25) is 9.69 Å². The molecule has 6 heteroatoms. The quantitative estimate of drug-likeness (QED) is 0.868. The number of imide groups is 1. The van der Waals surface area contributed by atoms with Crippen LogP contribution in [0.2, 0.25) is 10.0 Å². The Kier molecular flexibility index (Phi) is 4.05. The first-order chi connectivity index (χ1) is 10.6. The van der Waals surface area contributed by atoms with Gasteiger partial charge in [0.25, 0.3) is 5.91 Å². The lowest BCUT2D eigenvalue weighted by Crippen LogP contribution is -2.30. The summed E-state index contributed by atoms with van der Waals surface area (Å²) in [5.74, 6) is -0.290. The Hall–Kier alpha value is -2.04. The molecule has 2 aromatic rings. The predicted octanol–water partition coefficient (Wildman–Crippen LogP) is 3.79. The van der Waals surface area contributed by atoms with Crippen molar-refractivity contribution in [2.45, 2.75) is 12.6 Å². The molecule has 1 aliphatic rings. The average Bonchev–Trinajstić information content (AvgIpc) is 2.79. The van der Waals surface area contributed by atoms with E-state index in [0.717, 1.165) is 10.5 Å². The van der Waals surface area contributed by atoms with E-state index in [1.807, 2.05) is 30.3 Å². The van der Waals surface area contributed by atoms with E-state index >= 15 is 0 Å². The van der Waals surface area contributed by atoms with Gasteiger partial charge in [0.05, 0.1) is 6.54 Å². The Labute approximate surface area is 137 Å². The van der Waals surface area contributed by atoms with Crippen LogP contribution < -0.4 is 5.32 Å². The summed E-state index contributed by atoms with van der Waals surface area (Å²) in [7, 11) is 0. The average molecular weight is 335 g/mol. The molecule has 1 heterocycles. The summed E-state index contributed by atoms with van der Waals surface area (Å²) in [4.78, 5) is 25.7. The van der Waals surface area contributed by atoms with Crippen molar-refractivity contribution in [2.24, 2.45) is 0 Å². The van der Waals surface area contributed by atoms with Crippen LogP contribution in [-0.4, -0.2) is 16.8 Å². The minimum absolute atomic E-state index is 0.115. The molecule has 0 aliphatic carbocycles. The molecule has 112 valence electrons. The van der Waals surface area contributed by atoms with E-state index in [2.05, 4.69) is 5.32 Å². The zero-order valence-corrected chi connectivity index (χ0v) is 12.9. The molecule has 1 unspecified atom stereocenters. The predicted molar refractivity (Wildman–Crippen MR) is 84.7 cm³/mol. The van der Waals surface area contributed by atoms with Gasteiger partial charge in [0.15, 0.2) is 0 Å². The molecule has 2 aromatic carbocycles. The van der Waals surface area contributed by atoms with E-state index in [1.54, 1.807) is 18.2 Å². The smallest absolute Gasteiger partial charge is 0.322 e. The highest BCUT2D eigenvalue weighted by molar-refractivity contribution is 6.35. The number of carbonyl (C=O) groups is 2. The SMILES string of the molecule is O=C1NC(c2ccccc2)C(=O)N1Cc1ccc(Cl)cc1Cl. The maximum atomic E-state index is 12.5. The number of rotatable bonds is 3. The molecule has 4 nitrogen and oxygen atoms in total. The van der Waals surface area contributed by atoms with Crippen molar-refractivity contribution >= 4 is 35.1 Å². The molecule has 0 spiro atoms. The van der Waals surface area contributed by atoms with Gasteiger partial charge in [0, 0.05) is 10.0 Å².